The van der Waals surface area contributed by atoms with Gasteiger partial charge >= 0.3 is 6.09 Å². The van der Waals surface area contributed by atoms with Crippen LogP contribution >= 0.6 is 12.0 Å². The van der Waals surface area contributed by atoms with Crippen molar-refractivity contribution in [1.29, 1.82) is 0 Å². The van der Waals surface area contributed by atoms with Gasteiger partial charge in [0.05, 0.1) is 6.26 Å². The smallest absolute Gasteiger partial charge is 0.407 e. The maximum atomic E-state index is 12.0. The normalized spacial score (nSPS) is 12.1. The van der Waals surface area contributed by atoms with Crippen molar-refractivity contribution < 1.29 is 28.6 Å². The molecule has 1 atom stereocenters. The number of carbonyl (C=O) groups excluding carboxylic acids is 1. The molecule has 0 aliphatic carbocycles. The van der Waals surface area contributed by atoms with Gasteiger partial charge in [-0.3, -0.25) is 0 Å². The van der Waals surface area contributed by atoms with Gasteiger partial charge in [0.15, 0.2) is 6.10 Å². The number of hydrogen-bond acceptors (Lipinski definition) is 7. The van der Waals surface area contributed by atoms with Crippen LogP contribution in [0.25, 0.3) is 0 Å². The zero-order valence-corrected chi connectivity index (χ0v) is 18.4. The molecule has 0 saturated carbocycles. The van der Waals surface area contributed by atoms with E-state index in [2.05, 4.69) is 21.6 Å². The minimum atomic E-state index is -0.456. The molecule has 29 heavy (non-hydrogen) atoms. The van der Waals surface area contributed by atoms with E-state index >= 15 is 0 Å². The van der Waals surface area contributed by atoms with Crippen LogP contribution in [0.2, 0.25) is 0 Å². The molecule has 1 aromatic rings. The van der Waals surface area contributed by atoms with Gasteiger partial charge in [-0.1, -0.05) is 69.7 Å². The highest BCUT2D eigenvalue weighted by atomic mass is 32.2. The minimum Gasteiger partial charge on any atom is -0.465 e. The van der Waals surface area contributed by atoms with Crippen molar-refractivity contribution in [1.82, 2.24) is 5.32 Å². The Kier molecular flexibility index (Phi) is 16.7. The first-order chi connectivity index (χ1) is 14.3. The first-order valence-corrected chi connectivity index (χ1v) is 11.8. The molecule has 7 nitrogen and oxygen atoms in total. The van der Waals surface area contributed by atoms with Crippen molar-refractivity contribution in [3.63, 3.8) is 0 Å². The Hall–Kier alpha value is -1.22. The van der Waals surface area contributed by atoms with Crippen LogP contribution in [-0.4, -0.2) is 23.6 Å². The number of hydrogen-bond donors (Lipinski definition) is 2. The third kappa shape index (κ3) is 14.4. The lowest BCUT2D eigenvalue weighted by atomic mass is 10.0. The lowest BCUT2D eigenvalue weighted by Gasteiger charge is -2.16. The van der Waals surface area contributed by atoms with Gasteiger partial charge in [-0.25, -0.2) is 10.1 Å². The Balaban J connectivity index is 2.15. The van der Waals surface area contributed by atoms with Gasteiger partial charge < -0.3 is 14.5 Å². The van der Waals surface area contributed by atoms with Crippen molar-refractivity contribution in [2.45, 2.75) is 90.1 Å². The first-order valence-electron chi connectivity index (χ1n) is 10.9. The zero-order chi connectivity index (χ0) is 21.0. The van der Waals surface area contributed by atoms with Crippen molar-refractivity contribution >= 4 is 18.1 Å². The highest BCUT2D eigenvalue weighted by Gasteiger charge is 2.18. The summed E-state index contributed by atoms with van der Waals surface area (Å²) in [6.45, 7) is 2.69. The fraction of sp³-hybridized carbons (Fsp3) is 0.762. The monoisotopic (exact) mass is 431 g/mol. The average Bonchev–Trinajstić information content (AvgIpc) is 3.26. The zero-order valence-electron chi connectivity index (χ0n) is 17.6. The molecule has 0 bridgehead atoms. The molecule has 168 valence electrons. The second-order valence-electron chi connectivity index (χ2n) is 7.12. The van der Waals surface area contributed by atoms with Crippen LogP contribution in [-0.2, 0) is 14.1 Å². The van der Waals surface area contributed by atoms with E-state index in [1.54, 1.807) is 6.26 Å². The van der Waals surface area contributed by atoms with Crippen LogP contribution in [0.1, 0.15) is 95.8 Å². The molecule has 0 aliphatic heterocycles. The Morgan fingerprint density at radius 3 is 2.41 bits per heavy atom. The maximum absolute atomic E-state index is 12.0. The Labute approximate surface area is 178 Å². The predicted octanol–water partition coefficient (Wildman–Crippen LogP) is 6.82. The molecule has 0 radical (unpaired) electrons. The predicted molar refractivity (Wildman–Crippen MR) is 114 cm³/mol. The highest BCUT2D eigenvalue weighted by Crippen LogP contribution is 2.25. The molecular weight excluding hydrogens is 394 g/mol. The SMILES string of the molecule is CCCCCCCCCCCCC(OC(=O)NCCCSOOO)c1ccco1. The van der Waals surface area contributed by atoms with E-state index in [4.69, 9.17) is 14.4 Å². The molecule has 1 unspecified atom stereocenters. The summed E-state index contributed by atoms with van der Waals surface area (Å²) in [6.07, 6.45) is 14.9. The van der Waals surface area contributed by atoms with Gasteiger partial charge in [0.2, 0.25) is 0 Å². The Bertz CT molecular complexity index is 486. The number of rotatable bonds is 19. The van der Waals surface area contributed by atoms with Crippen LogP contribution in [0.15, 0.2) is 22.8 Å². The third-order valence-corrected chi connectivity index (χ3v) is 5.29. The molecule has 0 fully saturated rings. The number of unbranched alkanes of at least 4 members (excludes halogenated alkanes) is 9. The van der Waals surface area contributed by atoms with E-state index in [9.17, 15) is 4.79 Å². The van der Waals surface area contributed by atoms with Crippen molar-refractivity contribution in [3.05, 3.63) is 24.2 Å². The minimum absolute atomic E-state index is 0.362. The molecule has 8 heteroatoms. The van der Waals surface area contributed by atoms with E-state index < -0.39 is 6.09 Å². The lowest BCUT2D eigenvalue weighted by molar-refractivity contribution is -0.432. The van der Waals surface area contributed by atoms with E-state index in [-0.39, 0.29) is 6.10 Å². The van der Waals surface area contributed by atoms with E-state index in [0.29, 0.717) is 24.5 Å². The van der Waals surface area contributed by atoms with Gasteiger partial charge in [0.1, 0.15) is 5.76 Å². The summed E-state index contributed by atoms with van der Waals surface area (Å²) < 4.78 is 15.3. The Morgan fingerprint density at radius 2 is 1.79 bits per heavy atom. The van der Waals surface area contributed by atoms with E-state index in [1.165, 1.54) is 51.4 Å². The molecule has 1 aromatic heterocycles. The fourth-order valence-electron chi connectivity index (χ4n) is 3.10. The highest BCUT2D eigenvalue weighted by molar-refractivity contribution is 7.94. The van der Waals surface area contributed by atoms with Gasteiger partial charge in [-0.2, -0.15) is 0 Å². The lowest BCUT2D eigenvalue weighted by Crippen LogP contribution is -2.27. The molecule has 0 spiro atoms. The fourth-order valence-corrected chi connectivity index (χ4v) is 3.47. The summed E-state index contributed by atoms with van der Waals surface area (Å²) >= 11 is 0.961. The third-order valence-electron chi connectivity index (χ3n) is 4.68. The molecule has 2 N–H and O–H groups in total. The molecule has 1 amide bonds. The Morgan fingerprint density at radius 1 is 1.10 bits per heavy atom. The molecule has 0 aromatic carbocycles. The molecule has 0 aliphatic rings. The standard InChI is InChI=1S/C21H37NO6S/c1-2-3-4-5-6-7-8-9-10-11-14-20(19-15-12-17-25-19)26-21(23)22-16-13-18-29-28-27-24/h12,15,17,20,24H,2-11,13-14,16,18H2,1H3,(H,22,23). The molecule has 1 rings (SSSR count). The summed E-state index contributed by atoms with van der Waals surface area (Å²) in [4.78, 5) is 12.0. The number of amides is 1. The summed E-state index contributed by atoms with van der Waals surface area (Å²) in [7, 11) is 0. The van der Waals surface area contributed by atoms with Crippen LogP contribution in [0.5, 0.6) is 0 Å². The number of nitrogens with one attached hydrogen (secondary N) is 1. The maximum Gasteiger partial charge on any atom is 0.407 e. The second-order valence-corrected chi connectivity index (χ2v) is 7.90. The second kappa shape index (κ2) is 18.8. The summed E-state index contributed by atoms with van der Waals surface area (Å²) in [6, 6.07) is 3.65. The molecule has 1 heterocycles. The van der Waals surface area contributed by atoms with Crippen molar-refractivity contribution in [2.75, 3.05) is 12.3 Å². The van der Waals surface area contributed by atoms with Gasteiger partial charge in [0.25, 0.3) is 0 Å². The first kappa shape index (κ1) is 25.8. The number of ether oxygens (including phenoxy) is 1. The quantitative estimate of drug-likeness (QED) is 0.107. The molecule has 0 saturated heterocycles. The van der Waals surface area contributed by atoms with Gasteiger partial charge in [0, 0.05) is 24.3 Å². The van der Waals surface area contributed by atoms with Gasteiger partial charge in [-0.15, -0.1) is 4.33 Å². The van der Waals surface area contributed by atoms with Crippen LogP contribution in [0, 0.1) is 0 Å². The number of furan rings is 1. The van der Waals surface area contributed by atoms with Crippen LogP contribution < -0.4 is 5.32 Å². The largest absolute Gasteiger partial charge is 0.465 e. The van der Waals surface area contributed by atoms with Crippen LogP contribution in [0.4, 0.5) is 4.79 Å². The topological polar surface area (TPSA) is 90.2 Å². The summed E-state index contributed by atoms with van der Waals surface area (Å²) in [5.41, 5.74) is 0. The summed E-state index contributed by atoms with van der Waals surface area (Å²) in [5, 5.41) is 14.2. The van der Waals surface area contributed by atoms with Gasteiger partial charge in [-0.05, 0) is 31.4 Å². The van der Waals surface area contributed by atoms with E-state index in [1.807, 2.05) is 12.1 Å². The van der Waals surface area contributed by atoms with Crippen molar-refractivity contribution in [3.8, 4) is 0 Å². The van der Waals surface area contributed by atoms with E-state index in [0.717, 1.165) is 31.3 Å². The number of carbonyl (C=O) groups is 1. The molecular formula is C21H37NO6S. The van der Waals surface area contributed by atoms with Crippen LogP contribution in [0.3, 0.4) is 0 Å². The summed E-state index contributed by atoms with van der Waals surface area (Å²) in [5.74, 6) is 1.25. The van der Waals surface area contributed by atoms with Crippen molar-refractivity contribution in [2.24, 2.45) is 0 Å². The number of alkyl carbamates (subject to hydrolysis) is 1. The average molecular weight is 432 g/mol.